The number of para-hydroxylation sites is 2. The van der Waals surface area contributed by atoms with E-state index in [-0.39, 0.29) is 18.7 Å². The van der Waals surface area contributed by atoms with E-state index in [1.165, 1.54) is 0 Å². The van der Waals surface area contributed by atoms with E-state index in [9.17, 15) is 4.79 Å². The summed E-state index contributed by atoms with van der Waals surface area (Å²) < 4.78 is 16.0. The van der Waals surface area contributed by atoms with E-state index >= 15 is 0 Å². The highest BCUT2D eigenvalue weighted by Gasteiger charge is 2.28. The summed E-state index contributed by atoms with van der Waals surface area (Å²) in [5, 5.41) is 0. The lowest BCUT2D eigenvalue weighted by atomic mass is 10.2. The normalized spacial score (nSPS) is 18.3. The molecule has 1 aliphatic heterocycles. The molecular weight excluding hydrogens is 208 g/mol. The Morgan fingerprint density at radius 3 is 2.75 bits per heavy atom. The van der Waals surface area contributed by atoms with Crippen molar-refractivity contribution in [1.82, 2.24) is 0 Å². The molecule has 86 valence electrons. The van der Waals surface area contributed by atoms with Gasteiger partial charge in [-0.3, -0.25) is 0 Å². The van der Waals surface area contributed by atoms with Crippen LogP contribution in [0.1, 0.15) is 13.8 Å². The third kappa shape index (κ3) is 2.27. The van der Waals surface area contributed by atoms with Crippen LogP contribution in [0.25, 0.3) is 0 Å². The zero-order chi connectivity index (χ0) is 11.5. The highest BCUT2D eigenvalue weighted by atomic mass is 16.6. The fourth-order valence-corrected chi connectivity index (χ4v) is 1.44. The van der Waals surface area contributed by atoms with Crippen molar-refractivity contribution in [3.63, 3.8) is 0 Å². The minimum atomic E-state index is -0.669. The maximum Gasteiger partial charge on any atom is 0.351 e. The Bertz CT molecular complexity index is 386. The van der Waals surface area contributed by atoms with Crippen molar-refractivity contribution in [3.05, 3.63) is 24.3 Å². The summed E-state index contributed by atoms with van der Waals surface area (Å²) in [4.78, 5) is 11.6. The van der Waals surface area contributed by atoms with Crippen molar-refractivity contribution < 1.29 is 19.0 Å². The van der Waals surface area contributed by atoms with Gasteiger partial charge in [-0.1, -0.05) is 12.1 Å². The van der Waals surface area contributed by atoms with Crippen molar-refractivity contribution in [2.45, 2.75) is 26.1 Å². The van der Waals surface area contributed by atoms with Gasteiger partial charge in [0, 0.05) is 0 Å². The average molecular weight is 222 g/mol. The van der Waals surface area contributed by atoms with Gasteiger partial charge in [-0.25, -0.2) is 4.79 Å². The van der Waals surface area contributed by atoms with Crippen LogP contribution < -0.4 is 9.47 Å². The van der Waals surface area contributed by atoms with Crippen LogP contribution in [-0.2, 0) is 9.53 Å². The summed E-state index contributed by atoms with van der Waals surface area (Å²) in [6, 6.07) is 7.26. The van der Waals surface area contributed by atoms with Crippen LogP contribution in [-0.4, -0.2) is 24.8 Å². The minimum absolute atomic E-state index is 0.145. The molecule has 4 heteroatoms. The second kappa shape index (κ2) is 4.43. The monoisotopic (exact) mass is 222 g/mol. The Balaban J connectivity index is 2.05. The molecule has 1 aliphatic rings. The Hall–Kier alpha value is -1.71. The molecule has 0 aromatic heterocycles. The van der Waals surface area contributed by atoms with Gasteiger partial charge in [0.25, 0.3) is 0 Å². The second-order valence-corrected chi connectivity index (χ2v) is 3.85. The predicted octanol–water partition coefficient (Wildman–Crippen LogP) is 1.78. The van der Waals surface area contributed by atoms with Gasteiger partial charge in [-0.2, -0.15) is 0 Å². The third-order valence-electron chi connectivity index (χ3n) is 2.12. The van der Waals surface area contributed by atoms with E-state index in [4.69, 9.17) is 14.2 Å². The standard InChI is InChI=1S/C12H14O4/c1-8(2)15-12(13)11-7-14-9-5-3-4-6-10(9)16-11/h3-6,8,11H,7H2,1-2H3/t11-/m0/s1. The lowest BCUT2D eigenvalue weighted by Crippen LogP contribution is -2.38. The Kier molecular flexibility index (Phi) is 2.99. The van der Waals surface area contributed by atoms with Crippen LogP contribution in [0.2, 0.25) is 0 Å². The van der Waals surface area contributed by atoms with Crippen molar-refractivity contribution in [2.75, 3.05) is 6.61 Å². The van der Waals surface area contributed by atoms with Gasteiger partial charge < -0.3 is 14.2 Å². The number of esters is 1. The van der Waals surface area contributed by atoms with Crippen LogP contribution in [0.3, 0.4) is 0 Å². The van der Waals surface area contributed by atoms with E-state index in [0.717, 1.165) is 0 Å². The SMILES string of the molecule is CC(C)OC(=O)[C@@H]1COc2ccccc2O1. The molecule has 0 saturated heterocycles. The first-order chi connectivity index (χ1) is 7.66. The number of hydrogen-bond donors (Lipinski definition) is 0. The third-order valence-corrected chi connectivity index (χ3v) is 2.12. The lowest BCUT2D eigenvalue weighted by molar-refractivity contribution is -0.158. The molecule has 0 N–H and O–H groups in total. The highest BCUT2D eigenvalue weighted by molar-refractivity contribution is 5.76. The van der Waals surface area contributed by atoms with Crippen LogP contribution in [0.5, 0.6) is 11.5 Å². The van der Waals surface area contributed by atoms with Gasteiger partial charge in [0.05, 0.1) is 6.10 Å². The first-order valence-corrected chi connectivity index (χ1v) is 5.26. The van der Waals surface area contributed by atoms with E-state index < -0.39 is 6.10 Å². The summed E-state index contributed by atoms with van der Waals surface area (Å²) in [7, 11) is 0. The number of benzene rings is 1. The number of fused-ring (bicyclic) bond motifs is 1. The molecule has 2 rings (SSSR count). The molecule has 0 saturated carbocycles. The molecule has 1 heterocycles. The molecule has 0 aliphatic carbocycles. The van der Waals surface area contributed by atoms with Gasteiger partial charge in [-0.15, -0.1) is 0 Å². The van der Waals surface area contributed by atoms with Crippen LogP contribution in [0.15, 0.2) is 24.3 Å². The smallest absolute Gasteiger partial charge is 0.351 e. The van der Waals surface area contributed by atoms with Crippen molar-refractivity contribution in [3.8, 4) is 11.5 Å². The number of hydrogen-bond acceptors (Lipinski definition) is 4. The molecule has 0 spiro atoms. The maximum atomic E-state index is 11.6. The van der Waals surface area contributed by atoms with Crippen molar-refractivity contribution >= 4 is 5.97 Å². The van der Waals surface area contributed by atoms with E-state index in [1.807, 2.05) is 12.1 Å². The van der Waals surface area contributed by atoms with E-state index in [1.54, 1.807) is 26.0 Å². The van der Waals surface area contributed by atoms with Gasteiger partial charge in [0.1, 0.15) is 6.61 Å². The summed E-state index contributed by atoms with van der Waals surface area (Å²) in [5.41, 5.74) is 0. The topological polar surface area (TPSA) is 44.8 Å². The Morgan fingerprint density at radius 1 is 1.38 bits per heavy atom. The number of carbonyl (C=O) groups excluding carboxylic acids is 1. The minimum Gasteiger partial charge on any atom is -0.485 e. The van der Waals surface area contributed by atoms with Gasteiger partial charge in [-0.05, 0) is 26.0 Å². The molecule has 0 bridgehead atoms. The van der Waals surface area contributed by atoms with Crippen LogP contribution in [0, 0.1) is 0 Å². The molecule has 0 unspecified atom stereocenters. The first kappa shape index (κ1) is 10.8. The van der Waals surface area contributed by atoms with Crippen LogP contribution in [0.4, 0.5) is 0 Å². The Morgan fingerprint density at radius 2 is 2.06 bits per heavy atom. The van der Waals surface area contributed by atoms with Gasteiger partial charge >= 0.3 is 5.97 Å². The zero-order valence-electron chi connectivity index (χ0n) is 9.30. The zero-order valence-corrected chi connectivity index (χ0v) is 9.30. The van der Waals surface area contributed by atoms with Crippen molar-refractivity contribution in [2.24, 2.45) is 0 Å². The van der Waals surface area contributed by atoms with Crippen molar-refractivity contribution in [1.29, 1.82) is 0 Å². The molecule has 0 radical (unpaired) electrons. The maximum absolute atomic E-state index is 11.6. The first-order valence-electron chi connectivity index (χ1n) is 5.26. The fraction of sp³-hybridized carbons (Fsp3) is 0.417. The highest BCUT2D eigenvalue weighted by Crippen LogP contribution is 2.31. The molecule has 16 heavy (non-hydrogen) atoms. The largest absolute Gasteiger partial charge is 0.485 e. The fourth-order valence-electron chi connectivity index (χ4n) is 1.44. The molecule has 0 amide bonds. The molecule has 4 nitrogen and oxygen atoms in total. The summed E-state index contributed by atoms with van der Waals surface area (Å²) in [6.45, 7) is 3.80. The number of rotatable bonds is 2. The quantitative estimate of drug-likeness (QED) is 0.715. The Labute approximate surface area is 94.1 Å². The molecular formula is C12H14O4. The van der Waals surface area contributed by atoms with Gasteiger partial charge in [0.2, 0.25) is 6.10 Å². The number of ether oxygens (including phenoxy) is 3. The lowest BCUT2D eigenvalue weighted by Gasteiger charge is -2.25. The molecule has 1 aromatic carbocycles. The van der Waals surface area contributed by atoms with Gasteiger partial charge in [0.15, 0.2) is 11.5 Å². The number of carbonyl (C=O) groups is 1. The van der Waals surface area contributed by atoms with E-state index in [2.05, 4.69) is 0 Å². The molecule has 1 aromatic rings. The summed E-state index contributed by atoms with van der Waals surface area (Å²) >= 11 is 0. The average Bonchev–Trinajstić information content (AvgIpc) is 2.27. The van der Waals surface area contributed by atoms with Crippen LogP contribution >= 0.6 is 0 Å². The molecule has 0 fully saturated rings. The summed E-state index contributed by atoms with van der Waals surface area (Å²) in [6.07, 6.45) is -0.814. The summed E-state index contributed by atoms with van der Waals surface area (Å²) in [5.74, 6) is 0.861. The predicted molar refractivity (Wildman–Crippen MR) is 57.6 cm³/mol. The second-order valence-electron chi connectivity index (χ2n) is 3.85. The van der Waals surface area contributed by atoms with E-state index in [0.29, 0.717) is 11.5 Å². The molecule has 1 atom stereocenters.